The maximum Gasteiger partial charge on any atom is 0.225 e. The lowest BCUT2D eigenvalue weighted by atomic mass is 9.82. The second-order valence-electron chi connectivity index (χ2n) is 4.62. The zero-order valence-electron chi connectivity index (χ0n) is 9.53. The third-order valence-electron chi connectivity index (χ3n) is 3.13. The molecular weight excluding hydrogens is 208 g/mol. The Bertz CT molecular complexity index is 247. The summed E-state index contributed by atoms with van der Waals surface area (Å²) in [5, 5.41) is 0. The molecule has 0 aromatic rings. The number of nitrogens with zero attached hydrogens (tertiary/aromatic N) is 1. The molecular formula is C11H20N2OS. The van der Waals surface area contributed by atoms with E-state index < -0.39 is 0 Å². The Morgan fingerprint density at radius 3 is 2.40 bits per heavy atom. The molecule has 0 radical (unpaired) electrons. The minimum absolute atomic E-state index is 0.195. The molecule has 0 bridgehead atoms. The summed E-state index contributed by atoms with van der Waals surface area (Å²) in [6.45, 7) is 2.65. The molecule has 4 heteroatoms. The minimum atomic E-state index is 0.195. The quantitative estimate of drug-likeness (QED) is 0.746. The first kappa shape index (κ1) is 12.4. The van der Waals surface area contributed by atoms with E-state index in [-0.39, 0.29) is 11.8 Å². The molecule has 15 heavy (non-hydrogen) atoms. The van der Waals surface area contributed by atoms with E-state index in [0.717, 1.165) is 31.6 Å². The number of likely N-dealkylation sites (N-methyl/N-ethyl adjacent to an activating group) is 1. The molecule has 1 fully saturated rings. The Morgan fingerprint density at radius 1 is 1.40 bits per heavy atom. The van der Waals surface area contributed by atoms with Crippen LogP contribution in [0.2, 0.25) is 0 Å². The van der Waals surface area contributed by atoms with Crippen molar-refractivity contribution in [1.82, 2.24) is 4.90 Å². The van der Waals surface area contributed by atoms with Crippen LogP contribution in [0, 0.1) is 11.8 Å². The summed E-state index contributed by atoms with van der Waals surface area (Å²) in [6.07, 6.45) is 4.36. The average Bonchev–Trinajstić information content (AvgIpc) is 2.17. The van der Waals surface area contributed by atoms with Crippen molar-refractivity contribution in [3.8, 4) is 0 Å². The fourth-order valence-corrected chi connectivity index (χ4v) is 2.32. The molecule has 2 N–H and O–H groups in total. The summed E-state index contributed by atoms with van der Waals surface area (Å²) >= 11 is 4.80. The van der Waals surface area contributed by atoms with Gasteiger partial charge >= 0.3 is 0 Å². The van der Waals surface area contributed by atoms with Crippen LogP contribution in [-0.2, 0) is 4.79 Å². The predicted molar refractivity (Wildman–Crippen MR) is 65.5 cm³/mol. The van der Waals surface area contributed by atoms with Crippen molar-refractivity contribution in [1.29, 1.82) is 0 Å². The van der Waals surface area contributed by atoms with E-state index in [0.29, 0.717) is 11.5 Å². The lowest BCUT2D eigenvalue weighted by molar-refractivity contribution is -0.134. The highest BCUT2D eigenvalue weighted by Crippen LogP contribution is 2.29. The molecule has 1 amide bonds. The zero-order chi connectivity index (χ0) is 11.4. The minimum Gasteiger partial charge on any atom is -0.392 e. The Balaban J connectivity index is 2.42. The number of rotatable bonds is 3. The first-order valence-corrected chi connectivity index (χ1v) is 5.94. The number of thiocarbonyl (C=S) groups is 1. The van der Waals surface area contributed by atoms with Crippen molar-refractivity contribution in [3.05, 3.63) is 0 Å². The van der Waals surface area contributed by atoms with Crippen LogP contribution in [0.5, 0.6) is 0 Å². The summed E-state index contributed by atoms with van der Waals surface area (Å²) in [7, 11) is 1.78. The van der Waals surface area contributed by atoms with E-state index in [1.807, 2.05) is 0 Å². The third-order valence-corrected chi connectivity index (χ3v) is 3.26. The van der Waals surface area contributed by atoms with Crippen LogP contribution in [-0.4, -0.2) is 29.4 Å². The lowest BCUT2D eigenvalue weighted by Gasteiger charge is -2.28. The summed E-state index contributed by atoms with van der Waals surface area (Å²) < 4.78 is 0. The molecule has 0 aliphatic heterocycles. The van der Waals surface area contributed by atoms with Crippen molar-refractivity contribution in [3.63, 3.8) is 0 Å². The Kier molecular flexibility index (Phi) is 4.51. The van der Waals surface area contributed by atoms with Gasteiger partial charge in [-0.25, -0.2) is 0 Å². The van der Waals surface area contributed by atoms with Gasteiger partial charge in [0.1, 0.15) is 0 Å². The van der Waals surface area contributed by atoms with E-state index in [1.54, 1.807) is 11.9 Å². The number of nitrogens with two attached hydrogens (primary N) is 1. The zero-order valence-corrected chi connectivity index (χ0v) is 10.3. The van der Waals surface area contributed by atoms with E-state index in [1.165, 1.54) is 0 Å². The monoisotopic (exact) mass is 228 g/mol. The summed E-state index contributed by atoms with van der Waals surface area (Å²) in [6, 6.07) is 0. The van der Waals surface area contributed by atoms with Gasteiger partial charge in [0.05, 0.1) is 11.5 Å². The normalized spacial score (nSPS) is 26.0. The molecule has 0 saturated heterocycles. The first-order chi connectivity index (χ1) is 7.00. The number of hydrogen-bond acceptors (Lipinski definition) is 2. The highest BCUT2D eigenvalue weighted by Gasteiger charge is 2.26. The average molecular weight is 228 g/mol. The van der Waals surface area contributed by atoms with Gasteiger partial charge in [-0.1, -0.05) is 19.1 Å². The molecule has 0 heterocycles. The van der Waals surface area contributed by atoms with Crippen LogP contribution >= 0.6 is 12.2 Å². The Hall–Kier alpha value is -0.640. The highest BCUT2D eigenvalue weighted by molar-refractivity contribution is 7.80. The maximum absolute atomic E-state index is 12.0. The molecule has 86 valence electrons. The molecule has 3 nitrogen and oxygen atoms in total. The SMILES string of the molecule is CC1CCC(C(=O)N(C)CC(N)=S)CC1. The Labute approximate surface area is 97.0 Å². The van der Waals surface area contributed by atoms with E-state index in [4.69, 9.17) is 18.0 Å². The molecule has 0 aromatic carbocycles. The van der Waals surface area contributed by atoms with Crippen molar-refractivity contribution in [2.24, 2.45) is 17.6 Å². The molecule has 0 unspecified atom stereocenters. The molecule has 1 aliphatic rings. The second kappa shape index (κ2) is 5.45. The fourth-order valence-electron chi connectivity index (χ4n) is 2.13. The molecule has 1 aliphatic carbocycles. The van der Waals surface area contributed by atoms with Gasteiger partial charge in [-0.2, -0.15) is 0 Å². The van der Waals surface area contributed by atoms with Gasteiger partial charge in [0, 0.05) is 13.0 Å². The molecule has 0 atom stereocenters. The number of carbonyl (C=O) groups excluding carboxylic acids is 1. The van der Waals surface area contributed by atoms with Gasteiger partial charge in [0.25, 0.3) is 0 Å². The summed E-state index contributed by atoms with van der Waals surface area (Å²) in [4.78, 5) is 14.0. The number of carbonyl (C=O) groups is 1. The van der Waals surface area contributed by atoms with Gasteiger partial charge in [-0.3, -0.25) is 4.79 Å². The third kappa shape index (κ3) is 3.78. The number of hydrogen-bond donors (Lipinski definition) is 1. The summed E-state index contributed by atoms with van der Waals surface area (Å²) in [5.41, 5.74) is 5.42. The van der Waals surface area contributed by atoms with E-state index in [2.05, 4.69) is 6.92 Å². The molecule has 0 spiro atoms. The van der Waals surface area contributed by atoms with Crippen LogP contribution in [0.4, 0.5) is 0 Å². The van der Waals surface area contributed by atoms with Gasteiger partial charge in [0.2, 0.25) is 5.91 Å². The summed E-state index contributed by atoms with van der Waals surface area (Å²) in [5.74, 6) is 1.17. The molecule has 0 aromatic heterocycles. The highest BCUT2D eigenvalue weighted by atomic mass is 32.1. The van der Waals surface area contributed by atoms with Crippen molar-refractivity contribution < 1.29 is 4.79 Å². The van der Waals surface area contributed by atoms with Crippen molar-refractivity contribution in [2.75, 3.05) is 13.6 Å². The van der Waals surface area contributed by atoms with Crippen LogP contribution in [0.3, 0.4) is 0 Å². The van der Waals surface area contributed by atoms with Crippen LogP contribution < -0.4 is 5.73 Å². The first-order valence-electron chi connectivity index (χ1n) is 5.54. The number of amides is 1. The fraction of sp³-hybridized carbons (Fsp3) is 0.818. The van der Waals surface area contributed by atoms with Gasteiger partial charge in [-0.15, -0.1) is 0 Å². The Morgan fingerprint density at radius 2 is 1.93 bits per heavy atom. The van der Waals surface area contributed by atoms with Crippen LogP contribution in [0.15, 0.2) is 0 Å². The van der Waals surface area contributed by atoms with Crippen LogP contribution in [0.1, 0.15) is 32.6 Å². The largest absolute Gasteiger partial charge is 0.392 e. The molecule has 1 rings (SSSR count). The second-order valence-corrected chi connectivity index (χ2v) is 5.14. The van der Waals surface area contributed by atoms with E-state index in [9.17, 15) is 4.79 Å². The predicted octanol–water partition coefficient (Wildman–Crippen LogP) is 1.56. The molecule has 1 saturated carbocycles. The van der Waals surface area contributed by atoms with Crippen LogP contribution in [0.25, 0.3) is 0 Å². The van der Waals surface area contributed by atoms with E-state index >= 15 is 0 Å². The van der Waals surface area contributed by atoms with Gasteiger partial charge in [-0.05, 0) is 31.6 Å². The van der Waals surface area contributed by atoms with Crippen molar-refractivity contribution in [2.45, 2.75) is 32.6 Å². The smallest absolute Gasteiger partial charge is 0.225 e. The van der Waals surface area contributed by atoms with Gasteiger partial charge < -0.3 is 10.6 Å². The standard InChI is InChI=1S/C11H20N2OS/c1-8-3-5-9(6-4-8)11(14)13(2)7-10(12)15/h8-9H,3-7H2,1-2H3,(H2,12,15). The van der Waals surface area contributed by atoms with Gasteiger partial charge in [0.15, 0.2) is 0 Å². The van der Waals surface area contributed by atoms with Crippen molar-refractivity contribution >= 4 is 23.1 Å². The lowest BCUT2D eigenvalue weighted by Crippen LogP contribution is -2.39. The topological polar surface area (TPSA) is 46.3 Å². The maximum atomic E-state index is 12.0.